The molecule has 3 N–H and O–H groups in total. The van der Waals surface area contributed by atoms with Crippen LogP contribution in [-0.2, 0) is 11.2 Å². The average Bonchev–Trinajstić information content (AvgIpc) is 2.80. The van der Waals surface area contributed by atoms with Crippen LogP contribution in [-0.4, -0.2) is 22.6 Å². The highest BCUT2D eigenvalue weighted by Gasteiger charge is 2.08. The molecule has 0 aliphatic heterocycles. The van der Waals surface area contributed by atoms with Crippen LogP contribution in [0.25, 0.3) is 0 Å². The lowest BCUT2D eigenvalue weighted by molar-refractivity contribution is -0.116. The van der Waals surface area contributed by atoms with Crippen molar-refractivity contribution in [2.24, 2.45) is 5.73 Å². The Labute approximate surface area is 119 Å². The van der Waals surface area contributed by atoms with Crippen molar-refractivity contribution in [2.75, 3.05) is 11.9 Å². The van der Waals surface area contributed by atoms with E-state index < -0.39 is 0 Å². The summed E-state index contributed by atoms with van der Waals surface area (Å²) in [6, 6.07) is 7.55. The summed E-state index contributed by atoms with van der Waals surface area (Å²) in [5.41, 5.74) is 6.40. The second kappa shape index (κ2) is 6.60. The molecule has 0 radical (unpaired) electrons. The van der Waals surface area contributed by atoms with Gasteiger partial charge in [-0.05, 0) is 17.7 Å². The van der Waals surface area contributed by atoms with Gasteiger partial charge in [-0.3, -0.25) is 4.79 Å². The van der Waals surface area contributed by atoms with E-state index in [1.165, 1.54) is 11.3 Å². The second-order valence-electron chi connectivity index (χ2n) is 3.89. The number of benzene rings is 1. The van der Waals surface area contributed by atoms with Gasteiger partial charge in [0.1, 0.15) is 5.01 Å². The molecule has 0 saturated heterocycles. The molecule has 1 aromatic heterocycles. The van der Waals surface area contributed by atoms with Crippen molar-refractivity contribution in [1.29, 1.82) is 0 Å². The first-order chi connectivity index (χ1) is 9.17. The minimum atomic E-state index is -0.142. The third-order valence-corrected chi connectivity index (χ3v) is 3.44. The maximum atomic E-state index is 11.4. The maximum Gasteiger partial charge on any atom is 0.227 e. The molecular formula is C12H13ClN4OS. The number of nitrogens with zero attached hydrogens (tertiary/aromatic N) is 2. The first-order valence-electron chi connectivity index (χ1n) is 5.74. The highest BCUT2D eigenvalue weighted by molar-refractivity contribution is 7.15. The van der Waals surface area contributed by atoms with Crippen LogP contribution in [0.1, 0.15) is 17.0 Å². The lowest BCUT2D eigenvalue weighted by atomic mass is 10.2. The number of rotatable bonds is 5. The average molecular weight is 297 g/mol. The van der Waals surface area contributed by atoms with Gasteiger partial charge in [-0.25, -0.2) is 0 Å². The minimum Gasteiger partial charge on any atom is -0.330 e. The van der Waals surface area contributed by atoms with Gasteiger partial charge in [0.05, 0.1) is 0 Å². The third-order valence-electron chi connectivity index (χ3n) is 2.35. The Balaban J connectivity index is 1.97. The van der Waals surface area contributed by atoms with Gasteiger partial charge in [-0.1, -0.05) is 35.1 Å². The standard InChI is InChI=1S/C12H13ClN4OS/c13-9-3-1-8(2-4-9)7-11-16-17-12(19-11)15-10(18)5-6-14/h1-4H,5-7,14H2,(H,15,17,18). The molecule has 7 heteroatoms. The number of hydrogen-bond acceptors (Lipinski definition) is 5. The number of aromatic nitrogens is 2. The fraction of sp³-hybridized carbons (Fsp3) is 0.250. The Morgan fingerprint density at radius 3 is 2.74 bits per heavy atom. The molecule has 2 rings (SSSR count). The van der Waals surface area contributed by atoms with E-state index in [1.54, 1.807) is 0 Å². The zero-order chi connectivity index (χ0) is 13.7. The predicted molar refractivity (Wildman–Crippen MR) is 76.5 cm³/mol. The van der Waals surface area contributed by atoms with E-state index in [0.29, 0.717) is 23.1 Å². The molecule has 0 aliphatic rings. The van der Waals surface area contributed by atoms with Crippen LogP contribution in [0.3, 0.4) is 0 Å². The van der Waals surface area contributed by atoms with Gasteiger partial charge in [-0.15, -0.1) is 10.2 Å². The number of halogens is 1. The van der Waals surface area contributed by atoms with Gasteiger partial charge in [-0.2, -0.15) is 0 Å². The second-order valence-corrected chi connectivity index (χ2v) is 5.39. The van der Waals surface area contributed by atoms with Crippen molar-refractivity contribution in [3.63, 3.8) is 0 Å². The number of hydrogen-bond donors (Lipinski definition) is 2. The minimum absolute atomic E-state index is 0.142. The summed E-state index contributed by atoms with van der Waals surface area (Å²) in [5.74, 6) is -0.142. The summed E-state index contributed by atoms with van der Waals surface area (Å²) < 4.78 is 0. The Morgan fingerprint density at radius 2 is 2.05 bits per heavy atom. The van der Waals surface area contributed by atoms with E-state index in [0.717, 1.165) is 10.6 Å². The summed E-state index contributed by atoms with van der Waals surface area (Å²) in [6.07, 6.45) is 0.952. The molecule has 1 aromatic carbocycles. The number of carbonyl (C=O) groups is 1. The van der Waals surface area contributed by atoms with Gasteiger partial charge in [0.25, 0.3) is 0 Å². The summed E-state index contributed by atoms with van der Waals surface area (Å²) in [6.45, 7) is 0.322. The first-order valence-corrected chi connectivity index (χ1v) is 6.93. The molecule has 0 unspecified atom stereocenters. The molecule has 0 bridgehead atoms. The molecule has 1 amide bonds. The fourth-order valence-corrected chi connectivity index (χ4v) is 2.38. The molecule has 5 nitrogen and oxygen atoms in total. The fourth-order valence-electron chi connectivity index (χ4n) is 1.47. The van der Waals surface area contributed by atoms with Crippen molar-refractivity contribution < 1.29 is 4.79 Å². The van der Waals surface area contributed by atoms with Crippen LogP contribution in [0.2, 0.25) is 5.02 Å². The molecule has 0 atom stereocenters. The smallest absolute Gasteiger partial charge is 0.227 e. The molecular weight excluding hydrogens is 284 g/mol. The molecule has 2 aromatic rings. The summed E-state index contributed by atoms with van der Waals surface area (Å²) >= 11 is 7.18. The van der Waals surface area contributed by atoms with Crippen LogP contribution < -0.4 is 11.1 Å². The van der Waals surface area contributed by atoms with Crippen LogP contribution in [0.15, 0.2) is 24.3 Å². The first kappa shape index (κ1) is 13.9. The van der Waals surface area contributed by atoms with Gasteiger partial charge < -0.3 is 11.1 Å². The molecule has 0 spiro atoms. The van der Waals surface area contributed by atoms with Gasteiger partial charge in [0.15, 0.2) is 0 Å². The van der Waals surface area contributed by atoms with E-state index in [9.17, 15) is 4.79 Å². The third kappa shape index (κ3) is 4.27. The van der Waals surface area contributed by atoms with Gasteiger partial charge in [0, 0.05) is 24.4 Å². The monoisotopic (exact) mass is 296 g/mol. The van der Waals surface area contributed by atoms with Crippen molar-refractivity contribution in [1.82, 2.24) is 10.2 Å². The lowest BCUT2D eigenvalue weighted by Crippen LogP contribution is -2.15. The number of carbonyl (C=O) groups excluding carboxylic acids is 1. The van der Waals surface area contributed by atoms with E-state index in [2.05, 4.69) is 15.5 Å². The van der Waals surface area contributed by atoms with E-state index in [1.807, 2.05) is 24.3 Å². The van der Waals surface area contributed by atoms with Crippen molar-refractivity contribution >= 4 is 34.0 Å². The molecule has 0 saturated carbocycles. The van der Waals surface area contributed by atoms with Gasteiger partial charge >= 0.3 is 0 Å². The van der Waals surface area contributed by atoms with E-state index in [4.69, 9.17) is 17.3 Å². The number of nitrogens with one attached hydrogen (secondary N) is 1. The highest BCUT2D eigenvalue weighted by Crippen LogP contribution is 2.19. The topological polar surface area (TPSA) is 80.9 Å². The normalized spacial score (nSPS) is 10.4. The molecule has 1 heterocycles. The maximum absolute atomic E-state index is 11.4. The Hall–Kier alpha value is -1.50. The molecule has 0 fully saturated rings. The van der Waals surface area contributed by atoms with Crippen molar-refractivity contribution in [3.05, 3.63) is 39.9 Å². The summed E-state index contributed by atoms with van der Waals surface area (Å²) in [7, 11) is 0. The SMILES string of the molecule is NCCC(=O)Nc1nnc(Cc2ccc(Cl)cc2)s1. The van der Waals surface area contributed by atoms with E-state index >= 15 is 0 Å². The predicted octanol–water partition coefficient (Wildman–Crippen LogP) is 2.07. The molecule has 100 valence electrons. The quantitative estimate of drug-likeness (QED) is 0.885. The van der Waals surface area contributed by atoms with Crippen LogP contribution in [0, 0.1) is 0 Å². The zero-order valence-electron chi connectivity index (χ0n) is 10.1. The lowest BCUT2D eigenvalue weighted by Gasteiger charge is -1.98. The summed E-state index contributed by atoms with van der Waals surface area (Å²) in [5, 5.41) is 12.7. The van der Waals surface area contributed by atoms with Crippen LogP contribution in [0.4, 0.5) is 5.13 Å². The van der Waals surface area contributed by atoms with Gasteiger partial charge in [0.2, 0.25) is 11.0 Å². The zero-order valence-corrected chi connectivity index (χ0v) is 11.7. The van der Waals surface area contributed by atoms with E-state index in [-0.39, 0.29) is 12.3 Å². The Morgan fingerprint density at radius 1 is 1.32 bits per heavy atom. The van der Waals surface area contributed by atoms with Crippen molar-refractivity contribution in [3.8, 4) is 0 Å². The number of nitrogens with two attached hydrogens (primary N) is 1. The highest BCUT2D eigenvalue weighted by atomic mass is 35.5. The van der Waals surface area contributed by atoms with Crippen molar-refractivity contribution in [2.45, 2.75) is 12.8 Å². The molecule has 0 aliphatic carbocycles. The Bertz CT molecular complexity index is 555. The summed E-state index contributed by atoms with van der Waals surface area (Å²) in [4.78, 5) is 11.4. The number of anilines is 1. The largest absolute Gasteiger partial charge is 0.330 e. The Kier molecular flexibility index (Phi) is 4.84. The molecule has 19 heavy (non-hydrogen) atoms. The number of amides is 1. The van der Waals surface area contributed by atoms with Crippen LogP contribution in [0.5, 0.6) is 0 Å². The van der Waals surface area contributed by atoms with Crippen LogP contribution >= 0.6 is 22.9 Å².